The quantitative estimate of drug-likeness (QED) is 0.771. The summed E-state index contributed by atoms with van der Waals surface area (Å²) in [5.74, 6) is 1.11. The smallest absolute Gasteiger partial charge is 0.255 e. The molecule has 132 valence electrons. The number of carbonyl (C=O) groups excluding carboxylic acids is 1. The van der Waals surface area contributed by atoms with Gasteiger partial charge in [0.25, 0.3) is 5.91 Å². The largest absolute Gasteiger partial charge is 0.489 e. The van der Waals surface area contributed by atoms with Gasteiger partial charge in [0.05, 0.1) is 17.1 Å². The molecule has 7 heteroatoms. The van der Waals surface area contributed by atoms with Crippen LogP contribution in [0.4, 0.5) is 0 Å². The van der Waals surface area contributed by atoms with Crippen molar-refractivity contribution in [1.29, 1.82) is 0 Å². The van der Waals surface area contributed by atoms with E-state index in [1.807, 2.05) is 42.1 Å². The summed E-state index contributed by atoms with van der Waals surface area (Å²) in [6, 6.07) is 5.81. The number of ether oxygens (including phenoxy) is 1. The van der Waals surface area contributed by atoms with E-state index >= 15 is 0 Å². The molecule has 1 amide bonds. The Morgan fingerprint density at radius 3 is 3.00 bits per heavy atom. The van der Waals surface area contributed by atoms with Crippen LogP contribution < -0.4 is 10.1 Å². The van der Waals surface area contributed by atoms with Crippen molar-refractivity contribution in [2.45, 2.75) is 13.3 Å². The van der Waals surface area contributed by atoms with Crippen molar-refractivity contribution in [2.24, 2.45) is 0 Å². The Morgan fingerprint density at radius 2 is 2.27 bits per heavy atom. The Hall–Kier alpha value is -2.86. The van der Waals surface area contributed by atoms with Gasteiger partial charge in [0, 0.05) is 18.6 Å². The Kier molecular flexibility index (Phi) is 4.34. The number of benzene rings is 1. The third-order valence-electron chi connectivity index (χ3n) is 4.42. The van der Waals surface area contributed by atoms with Crippen molar-refractivity contribution in [3.8, 4) is 11.6 Å². The molecule has 2 aromatic heterocycles. The number of halogens is 1. The van der Waals surface area contributed by atoms with Crippen LogP contribution in [0.3, 0.4) is 0 Å². The molecule has 0 atom stereocenters. The highest BCUT2D eigenvalue weighted by atomic mass is 35.5. The number of carbonyl (C=O) groups is 1. The second-order valence-electron chi connectivity index (χ2n) is 6.13. The van der Waals surface area contributed by atoms with E-state index in [2.05, 4.69) is 15.3 Å². The molecular weight excluding hydrogens is 352 g/mol. The van der Waals surface area contributed by atoms with Gasteiger partial charge in [0.1, 0.15) is 18.8 Å². The summed E-state index contributed by atoms with van der Waals surface area (Å²) in [5.41, 5.74) is 3.41. The highest BCUT2D eigenvalue weighted by Gasteiger charge is 2.22. The highest BCUT2D eigenvalue weighted by molar-refractivity contribution is 6.33. The second kappa shape index (κ2) is 6.80. The molecule has 0 fully saturated rings. The third-order valence-corrected chi connectivity index (χ3v) is 4.88. The minimum Gasteiger partial charge on any atom is -0.489 e. The number of aromatic nitrogens is 3. The molecular formula is C19H17ClN4O2. The second-order valence-corrected chi connectivity index (χ2v) is 6.51. The van der Waals surface area contributed by atoms with E-state index in [1.165, 1.54) is 0 Å². The number of pyridine rings is 1. The predicted molar refractivity (Wildman–Crippen MR) is 98.2 cm³/mol. The lowest BCUT2D eigenvalue weighted by molar-refractivity contribution is 0.0957. The molecule has 26 heavy (non-hydrogen) atoms. The van der Waals surface area contributed by atoms with Gasteiger partial charge >= 0.3 is 0 Å². The van der Waals surface area contributed by atoms with E-state index in [0.29, 0.717) is 35.9 Å². The number of hydrogen-bond acceptors (Lipinski definition) is 4. The fraction of sp³-hybridized carbons (Fsp3) is 0.211. The van der Waals surface area contributed by atoms with E-state index in [4.69, 9.17) is 16.3 Å². The highest BCUT2D eigenvalue weighted by Crippen LogP contribution is 2.36. The van der Waals surface area contributed by atoms with Crippen LogP contribution in [0.15, 0.2) is 43.1 Å². The average Bonchev–Trinajstić information content (AvgIpc) is 3.12. The molecule has 3 heterocycles. The van der Waals surface area contributed by atoms with Crippen LogP contribution in [0.25, 0.3) is 5.82 Å². The topological polar surface area (TPSA) is 69.0 Å². The summed E-state index contributed by atoms with van der Waals surface area (Å²) in [4.78, 5) is 20.8. The lowest BCUT2D eigenvalue weighted by Crippen LogP contribution is -2.24. The molecule has 4 rings (SSSR count). The molecule has 1 aliphatic rings. The first-order chi connectivity index (χ1) is 12.6. The summed E-state index contributed by atoms with van der Waals surface area (Å²) in [6.07, 6.45) is 7.71. The maximum Gasteiger partial charge on any atom is 0.255 e. The Labute approximate surface area is 155 Å². The van der Waals surface area contributed by atoms with Crippen LogP contribution in [-0.2, 0) is 6.42 Å². The maximum atomic E-state index is 12.3. The van der Waals surface area contributed by atoms with Crippen molar-refractivity contribution < 1.29 is 9.53 Å². The van der Waals surface area contributed by atoms with Crippen LogP contribution in [0.5, 0.6) is 5.75 Å². The van der Waals surface area contributed by atoms with Gasteiger partial charge in [0.2, 0.25) is 0 Å². The van der Waals surface area contributed by atoms with Gasteiger partial charge in [0.15, 0.2) is 5.75 Å². The molecule has 0 aliphatic carbocycles. The van der Waals surface area contributed by atoms with E-state index in [-0.39, 0.29) is 5.91 Å². The lowest BCUT2D eigenvalue weighted by Gasteiger charge is -2.15. The number of amides is 1. The first kappa shape index (κ1) is 16.6. The number of imidazole rings is 1. The van der Waals surface area contributed by atoms with E-state index in [9.17, 15) is 4.79 Å². The Bertz CT molecular complexity index is 953. The zero-order valence-corrected chi connectivity index (χ0v) is 15.0. The number of fused-ring (bicyclic) bond motifs is 1. The molecule has 3 aromatic rings. The summed E-state index contributed by atoms with van der Waals surface area (Å²) < 4.78 is 7.50. The molecule has 0 spiro atoms. The molecule has 1 aliphatic heterocycles. The minimum absolute atomic E-state index is 0.158. The number of hydrogen-bond donors (Lipinski definition) is 1. The molecule has 0 saturated carbocycles. The van der Waals surface area contributed by atoms with E-state index in [0.717, 1.165) is 22.5 Å². The average molecular weight is 369 g/mol. The van der Waals surface area contributed by atoms with Crippen LogP contribution in [-0.4, -0.2) is 33.6 Å². The van der Waals surface area contributed by atoms with E-state index in [1.54, 1.807) is 12.5 Å². The van der Waals surface area contributed by atoms with Crippen molar-refractivity contribution in [1.82, 2.24) is 19.9 Å². The molecule has 0 unspecified atom stereocenters. The van der Waals surface area contributed by atoms with Gasteiger partial charge in [-0.3, -0.25) is 9.36 Å². The maximum absolute atomic E-state index is 12.3. The van der Waals surface area contributed by atoms with Crippen molar-refractivity contribution in [2.75, 3.05) is 13.2 Å². The Balaban J connectivity index is 1.66. The Morgan fingerprint density at radius 1 is 1.38 bits per heavy atom. The van der Waals surface area contributed by atoms with E-state index < -0.39 is 0 Å². The van der Waals surface area contributed by atoms with Crippen LogP contribution in [0, 0.1) is 6.92 Å². The molecule has 1 N–H and O–H groups in total. The summed E-state index contributed by atoms with van der Waals surface area (Å²) >= 11 is 6.48. The fourth-order valence-corrected chi connectivity index (χ4v) is 3.25. The number of nitrogens with one attached hydrogen (secondary N) is 1. The first-order valence-corrected chi connectivity index (χ1v) is 8.67. The number of nitrogens with zero attached hydrogens (tertiary/aromatic N) is 3. The van der Waals surface area contributed by atoms with Gasteiger partial charge in [-0.2, -0.15) is 0 Å². The molecule has 0 radical (unpaired) electrons. The number of rotatable bonds is 3. The van der Waals surface area contributed by atoms with Gasteiger partial charge in [-0.25, -0.2) is 9.97 Å². The van der Waals surface area contributed by atoms with Gasteiger partial charge in [-0.1, -0.05) is 17.7 Å². The van der Waals surface area contributed by atoms with Crippen molar-refractivity contribution >= 4 is 17.5 Å². The summed E-state index contributed by atoms with van der Waals surface area (Å²) in [5, 5.41) is 3.32. The monoisotopic (exact) mass is 368 g/mol. The van der Waals surface area contributed by atoms with Crippen LogP contribution in [0.2, 0.25) is 5.02 Å². The minimum atomic E-state index is -0.158. The lowest BCUT2D eigenvalue weighted by atomic mass is 9.97. The predicted octanol–water partition coefficient (Wildman–Crippen LogP) is 2.94. The van der Waals surface area contributed by atoms with Crippen molar-refractivity contribution in [3.05, 3.63) is 70.4 Å². The molecule has 1 aromatic carbocycles. The normalized spacial score (nSPS) is 13.5. The molecule has 0 bridgehead atoms. The van der Waals surface area contributed by atoms with Crippen molar-refractivity contribution in [3.63, 3.8) is 0 Å². The summed E-state index contributed by atoms with van der Waals surface area (Å²) in [7, 11) is 0. The fourth-order valence-electron chi connectivity index (χ4n) is 2.97. The first-order valence-electron chi connectivity index (χ1n) is 8.29. The van der Waals surface area contributed by atoms with Crippen LogP contribution in [0.1, 0.15) is 27.0 Å². The van der Waals surface area contributed by atoms with Gasteiger partial charge in [-0.05, 0) is 42.2 Å². The molecule has 0 saturated heterocycles. The van der Waals surface area contributed by atoms with Crippen LogP contribution >= 0.6 is 11.6 Å². The molecule has 6 nitrogen and oxygen atoms in total. The zero-order valence-electron chi connectivity index (χ0n) is 14.2. The van der Waals surface area contributed by atoms with Gasteiger partial charge in [-0.15, -0.1) is 0 Å². The SMILES string of the molecule is Cc1c(Cc2ccc(-n3ccnc3)nc2)cc2c(c1Cl)OCCNC2=O. The summed E-state index contributed by atoms with van der Waals surface area (Å²) in [6.45, 7) is 2.83. The standard InChI is InChI=1S/C19H17ClN4O2/c1-12-14(9-15-18(17(12)20)26-7-5-22-19(15)25)8-13-2-3-16(23-10-13)24-6-4-21-11-24/h2-4,6,9-11H,5,7-8H2,1H3,(H,22,25). The van der Waals surface area contributed by atoms with Gasteiger partial charge < -0.3 is 10.1 Å². The third kappa shape index (κ3) is 3.04. The zero-order chi connectivity index (χ0) is 18.1.